The maximum absolute atomic E-state index is 12.5. The van der Waals surface area contributed by atoms with Gasteiger partial charge in [-0.3, -0.25) is 9.59 Å². The zero-order chi connectivity index (χ0) is 24.7. The fourth-order valence-corrected chi connectivity index (χ4v) is 4.44. The van der Waals surface area contributed by atoms with Crippen molar-refractivity contribution >= 4 is 29.3 Å². The van der Waals surface area contributed by atoms with E-state index in [-0.39, 0.29) is 30.0 Å². The smallest absolute Gasteiger partial charge is 0.234 e. The molecule has 2 amide bonds. The molecule has 0 aliphatic rings. The van der Waals surface area contributed by atoms with Crippen molar-refractivity contribution in [1.82, 2.24) is 20.1 Å². The first-order valence-corrected chi connectivity index (χ1v) is 12.1. The minimum Gasteiger partial charge on any atom is -0.497 e. The van der Waals surface area contributed by atoms with E-state index in [9.17, 15) is 9.59 Å². The number of carbonyl (C=O) groups excluding carboxylic acids is 2. The normalized spacial score (nSPS) is 11.7. The fourth-order valence-electron chi connectivity index (χ4n) is 3.63. The molecule has 1 unspecified atom stereocenters. The first-order chi connectivity index (χ1) is 16.3. The SMILES string of the molecule is CCn1c(SCC(=O)Nc2c(C)cccc2C)nnc1C(C)NC(=O)Cc1ccc(OC)cc1. The van der Waals surface area contributed by atoms with E-state index in [1.165, 1.54) is 11.8 Å². The molecule has 1 heterocycles. The number of nitrogens with zero attached hydrogens (tertiary/aromatic N) is 3. The van der Waals surface area contributed by atoms with Crippen LogP contribution in [0.25, 0.3) is 0 Å². The van der Waals surface area contributed by atoms with E-state index in [1.807, 2.05) is 74.7 Å². The molecule has 0 spiro atoms. The Morgan fingerprint density at radius 1 is 1.06 bits per heavy atom. The second kappa shape index (κ2) is 11.7. The summed E-state index contributed by atoms with van der Waals surface area (Å²) in [4.78, 5) is 25.1. The summed E-state index contributed by atoms with van der Waals surface area (Å²) in [6.45, 7) is 8.44. The number of para-hydroxylation sites is 1. The third-order valence-electron chi connectivity index (χ3n) is 5.43. The number of hydrogen-bond acceptors (Lipinski definition) is 6. The van der Waals surface area contributed by atoms with Crippen LogP contribution < -0.4 is 15.4 Å². The first-order valence-electron chi connectivity index (χ1n) is 11.2. The molecular formula is C25H31N5O3S. The van der Waals surface area contributed by atoms with Crippen molar-refractivity contribution in [3.63, 3.8) is 0 Å². The van der Waals surface area contributed by atoms with Crippen LogP contribution in [0, 0.1) is 13.8 Å². The number of methoxy groups -OCH3 is 1. The number of thioether (sulfide) groups is 1. The van der Waals surface area contributed by atoms with Gasteiger partial charge in [0.25, 0.3) is 0 Å². The number of rotatable bonds is 10. The lowest BCUT2D eigenvalue weighted by molar-refractivity contribution is -0.121. The number of benzene rings is 2. The van der Waals surface area contributed by atoms with Crippen molar-refractivity contribution in [1.29, 1.82) is 0 Å². The summed E-state index contributed by atoms with van der Waals surface area (Å²) in [5.74, 6) is 1.41. The third kappa shape index (κ3) is 6.38. The van der Waals surface area contributed by atoms with Gasteiger partial charge in [-0.05, 0) is 56.5 Å². The number of ether oxygens (including phenoxy) is 1. The molecule has 2 aromatic carbocycles. The highest BCUT2D eigenvalue weighted by atomic mass is 32.2. The van der Waals surface area contributed by atoms with Gasteiger partial charge in [-0.15, -0.1) is 10.2 Å². The standard InChI is InChI=1S/C25H31N5O3S/c1-6-30-24(18(4)26-21(31)14-19-10-12-20(33-5)13-11-19)28-29-25(30)34-15-22(32)27-23-16(2)8-7-9-17(23)3/h7-13,18H,6,14-15H2,1-5H3,(H,26,31)(H,27,32). The molecule has 0 fully saturated rings. The van der Waals surface area contributed by atoms with Crippen molar-refractivity contribution in [2.75, 3.05) is 18.2 Å². The Morgan fingerprint density at radius 3 is 2.35 bits per heavy atom. The lowest BCUT2D eigenvalue weighted by Gasteiger charge is -2.15. The molecule has 0 saturated heterocycles. The van der Waals surface area contributed by atoms with Crippen LogP contribution in [0.15, 0.2) is 47.6 Å². The molecule has 9 heteroatoms. The highest BCUT2D eigenvalue weighted by Gasteiger charge is 2.20. The van der Waals surface area contributed by atoms with Gasteiger partial charge < -0.3 is 19.9 Å². The average molecular weight is 482 g/mol. The van der Waals surface area contributed by atoms with E-state index in [2.05, 4.69) is 20.8 Å². The molecule has 2 N–H and O–H groups in total. The maximum atomic E-state index is 12.5. The van der Waals surface area contributed by atoms with E-state index in [1.54, 1.807) is 7.11 Å². The van der Waals surface area contributed by atoms with Gasteiger partial charge in [0.15, 0.2) is 11.0 Å². The molecule has 34 heavy (non-hydrogen) atoms. The molecule has 1 aromatic heterocycles. The van der Waals surface area contributed by atoms with Crippen LogP contribution in [0.1, 0.15) is 42.4 Å². The van der Waals surface area contributed by atoms with Crippen molar-refractivity contribution in [2.45, 2.75) is 51.9 Å². The molecule has 3 aromatic rings. The van der Waals surface area contributed by atoms with Crippen LogP contribution >= 0.6 is 11.8 Å². The zero-order valence-electron chi connectivity index (χ0n) is 20.2. The summed E-state index contributed by atoms with van der Waals surface area (Å²) in [5, 5.41) is 15.2. The van der Waals surface area contributed by atoms with Gasteiger partial charge in [-0.1, -0.05) is 42.1 Å². The van der Waals surface area contributed by atoms with Gasteiger partial charge in [-0.25, -0.2) is 0 Å². The van der Waals surface area contributed by atoms with E-state index in [0.717, 1.165) is 28.1 Å². The number of aryl methyl sites for hydroxylation is 2. The van der Waals surface area contributed by atoms with Crippen molar-refractivity contribution < 1.29 is 14.3 Å². The van der Waals surface area contributed by atoms with Crippen LogP contribution in [0.5, 0.6) is 5.75 Å². The molecule has 0 aliphatic carbocycles. The zero-order valence-corrected chi connectivity index (χ0v) is 21.0. The Morgan fingerprint density at radius 2 is 1.74 bits per heavy atom. The molecule has 0 aliphatic heterocycles. The first kappa shape index (κ1) is 25.3. The van der Waals surface area contributed by atoms with Gasteiger partial charge in [0.1, 0.15) is 5.75 Å². The predicted octanol–water partition coefficient (Wildman–Crippen LogP) is 4.07. The van der Waals surface area contributed by atoms with Gasteiger partial charge in [-0.2, -0.15) is 0 Å². The highest BCUT2D eigenvalue weighted by molar-refractivity contribution is 7.99. The lowest BCUT2D eigenvalue weighted by atomic mass is 10.1. The number of amides is 2. The van der Waals surface area contributed by atoms with Gasteiger partial charge in [0.2, 0.25) is 11.8 Å². The monoisotopic (exact) mass is 481 g/mol. The summed E-state index contributed by atoms with van der Waals surface area (Å²) in [5.41, 5.74) is 3.79. The number of hydrogen-bond donors (Lipinski definition) is 2. The molecule has 0 bridgehead atoms. The summed E-state index contributed by atoms with van der Waals surface area (Å²) >= 11 is 1.33. The summed E-state index contributed by atoms with van der Waals surface area (Å²) in [6, 6.07) is 13.0. The molecule has 3 rings (SSSR count). The van der Waals surface area contributed by atoms with E-state index in [0.29, 0.717) is 17.5 Å². The Labute approximate surface area is 204 Å². The average Bonchev–Trinajstić information content (AvgIpc) is 3.23. The number of carbonyl (C=O) groups is 2. The van der Waals surface area contributed by atoms with Crippen molar-refractivity contribution in [3.05, 3.63) is 65.0 Å². The minimum absolute atomic E-state index is 0.101. The minimum atomic E-state index is -0.323. The predicted molar refractivity (Wildman–Crippen MR) is 134 cm³/mol. The number of aromatic nitrogens is 3. The van der Waals surface area contributed by atoms with E-state index in [4.69, 9.17) is 4.74 Å². The number of anilines is 1. The van der Waals surface area contributed by atoms with Crippen molar-refractivity contribution in [3.8, 4) is 5.75 Å². The Balaban J connectivity index is 1.59. The molecule has 180 valence electrons. The third-order valence-corrected chi connectivity index (χ3v) is 6.39. The Hall–Kier alpha value is -3.33. The maximum Gasteiger partial charge on any atom is 0.234 e. The van der Waals surface area contributed by atoms with Crippen molar-refractivity contribution in [2.24, 2.45) is 0 Å². The molecule has 1 atom stereocenters. The van der Waals surface area contributed by atoms with Crippen LogP contribution in [0.3, 0.4) is 0 Å². The van der Waals surface area contributed by atoms with Crippen LogP contribution in [0.4, 0.5) is 5.69 Å². The van der Waals surface area contributed by atoms with E-state index < -0.39 is 0 Å². The Kier molecular flexibility index (Phi) is 8.70. The van der Waals surface area contributed by atoms with Crippen LogP contribution in [0.2, 0.25) is 0 Å². The van der Waals surface area contributed by atoms with Crippen LogP contribution in [-0.4, -0.2) is 39.4 Å². The summed E-state index contributed by atoms with van der Waals surface area (Å²) < 4.78 is 7.08. The Bertz CT molecular complexity index is 1120. The lowest BCUT2D eigenvalue weighted by Crippen LogP contribution is -2.30. The molecule has 0 radical (unpaired) electrons. The topological polar surface area (TPSA) is 98.1 Å². The summed E-state index contributed by atoms with van der Waals surface area (Å²) in [7, 11) is 1.61. The quantitative estimate of drug-likeness (QED) is 0.424. The number of nitrogens with one attached hydrogen (secondary N) is 2. The highest BCUT2D eigenvalue weighted by Crippen LogP contribution is 2.23. The van der Waals surface area contributed by atoms with Crippen LogP contribution in [-0.2, 0) is 22.6 Å². The van der Waals surface area contributed by atoms with E-state index >= 15 is 0 Å². The largest absolute Gasteiger partial charge is 0.497 e. The van der Waals surface area contributed by atoms with Gasteiger partial charge >= 0.3 is 0 Å². The summed E-state index contributed by atoms with van der Waals surface area (Å²) in [6.07, 6.45) is 0.259. The molecule has 0 saturated carbocycles. The second-order valence-electron chi connectivity index (χ2n) is 8.00. The van der Waals surface area contributed by atoms with Gasteiger partial charge in [0.05, 0.1) is 25.3 Å². The second-order valence-corrected chi connectivity index (χ2v) is 8.95. The molecular weight excluding hydrogens is 450 g/mol. The van der Waals surface area contributed by atoms with Gasteiger partial charge in [0, 0.05) is 12.2 Å². The molecule has 8 nitrogen and oxygen atoms in total. The fraction of sp³-hybridized carbons (Fsp3) is 0.360.